The van der Waals surface area contributed by atoms with Crippen LogP contribution in [0.4, 0.5) is 0 Å². The van der Waals surface area contributed by atoms with Crippen molar-refractivity contribution in [3.8, 4) is 0 Å². The van der Waals surface area contributed by atoms with Gasteiger partial charge in [0, 0.05) is 9.79 Å². The van der Waals surface area contributed by atoms with Gasteiger partial charge in [0.1, 0.15) is 0 Å². The Labute approximate surface area is 177 Å². The second-order valence-corrected chi connectivity index (χ2v) is 8.94. The molecule has 0 bridgehead atoms. The summed E-state index contributed by atoms with van der Waals surface area (Å²) >= 11 is 1.78. The van der Waals surface area contributed by atoms with Gasteiger partial charge in [0.2, 0.25) is 0 Å². The zero-order valence-corrected chi connectivity index (χ0v) is 18.2. The second kappa shape index (κ2) is 12.1. The molecule has 0 heterocycles. The molecule has 0 amide bonds. The molecule has 142 valence electrons. The highest BCUT2D eigenvalue weighted by Crippen LogP contribution is 2.34. The Hall–Kier alpha value is -2.42. The Morgan fingerprint density at radius 3 is 1.71 bits per heavy atom. The predicted molar refractivity (Wildman–Crippen MR) is 129 cm³/mol. The summed E-state index contributed by atoms with van der Waals surface area (Å²) in [5.41, 5.74) is 0. The van der Waals surface area contributed by atoms with Crippen LogP contribution in [0.1, 0.15) is 13.8 Å². The van der Waals surface area contributed by atoms with E-state index in [-0.39, 0.29) is 10.9 Å². The van der Waals surface area contributed by atoms with Gasteiger partial charge < -0.3 is 0 Å². The molecule has 0 saturated heterocycles. The molecule has 2 aromatic carbocycles. The molecule has 0 aliphatic heterocycles. The van der Waals surface area contributed by atoms with Gasteiger partial charge in [0.05, 0.1) is 10.9 Å². The number of benzene rings is 2. The largest absolute Gasteiger partial charge is 0.166 e. The van der Waals surface area contributed by atoms with Crippen LogP contribution in [0.25, 0.3) is 0 Å². The molecule has 0 aromatic heterocycles. The molecule has 28 heavy (non-hydrogen) atoms. The summed E-state index contributed by atoms with van der Waals surface area (Å²) in [4.78, 5) is 6.32. The minimum Gasteiger partial charge on any atom is -0.0991 e. The lowest BCUT2D eigenvalue weighted by Gasteiger charge is -2.10. The van der Waals surface area contributed by atoms with Crippen LogP contribution in [-0.4, -0.2) is 0 Å². The SMILES string of the molecule is C=C/C=C\C(=C/C)[S+](C(/C=C\C=C)=C/C)c1ccc(Sc2ccccc2)cc1. The van der Waals surface area contributed by atoms with E-state index in [1.165, 1.54) is 24.5 Å². The summed E-state index contributed by atoms with van der Waals surface area (Å²) in [6, 6.07) is 19.4. The third-order valence-corrected chi connectivity index (χ3v) is 7.32. The molecule has 2 rings (SSSR count). The highest BCUT2D eigenvalue weighted by atomic mass is 32.2. The second-order valence-electron chi connectivity index (χ2n) is 5.76. The van der Waals surface area contributed by atoms with E-state index in [0.29, 0.717) is 0 Å². The van der Waals surface area contributed by atoms with E-state index >= 15 is 0 Å². The fraction of sp³-hybridized carbons (Fsp3) is 0.0769. The Kier molecular flexibility index (Phi) is 9.47. The van der Waals surface area contributed by atoms with E-state index < -0.39 is 0 Å². The van der Waals surface area contributed by atoms with E-state index in [9.17, 15) is 0 Å². The number of hydrogen-bond donors (Lipinski definition) is 0. The van der Waals surface area contributed by atoms with Gasteiger partial charge in [-0.3, -0.25) is 0 Å². The van der Waals surface area contributed by atoms with Crippen molar-refractivity contribution >= 4 is 22.7 Å². The molecule has 0 radical (unpaired) electrons. The minimum atomic E-state index is -0.177. The lowest BCUT2D eigenvalue weighted by Crippen LogP contribution is -2.07. The molecule has 0 spiro atoms. The summed E-state index contributed by atoms with van der Waals surface area (Å²) in [6.07, 6.45) is 16.3. The number of allylic oxidation sites excluding steroid dienone is 8. The Morgan fingerprint density at radius 1 is 0.750 bits per heavy atom. The zero-order chi connectivity index (χ0) is 20.2. The first-order valence-electron chi connectivity index (χ1n) is 9.21. The van der Waals surface area contributed by atoms with Crippen LogP contribution in [0.5, 0.6) is 0 Å². The molecule has 0 atom stereocenters. The number of hydrogen-bond acceptors (Lipinski definition) is 1. The molecule has 0 N–H and O–H groups in total. The van der Waals surface area contributed by atoms with E-state index in [2.05, 4.69) is 99.8 Å². The Bertz CT molecular complexity index is 848. The van der Waals surface area contributed by atoms with Crippen LogP contribution in [0.2, 0.25) is 0 Å². The molecule has 2 aromatic rings. The highest BCUT2D eigenvalue weighted by Gasteiger charge is 2.29. The highest BCUT2D eigenvalue weighted by molar-refractivity contribution is 8.04. The zero-order valence-electron chi connectivity index (χ0n) is 16.5. The van der Waals surface area contributed by atoms with Crippen LogP contribution in [0, 0.1) is 0 Å². The standard InChI is InChI=1S/C26H27S2/c1-5-9-16-24(7-3)28(25(8-4)17-10-6-2)26-20-18-23(19-21-26)27-22-14-12-11-13-15-22/h5-21H,1-2H2,3-4H3/q+1/b16-9-,17-10-,24-7+,25-8+. The van der Waals surface area contributed by atoms with E-state index in [1.807, 2.05) is 30.4 Å². The average molecular weight is 404 g/mol. The minimum absolute atomic E-state index is 0.177. The Morgan fingerprint density at radius 2 is 1.25 bits per heavy atom. The smallest absolute Gasteiger partial charge is 0.0991 e. The molecule has 2 heteroatoms. The normalized spacial score (nSPS) is 13.8. The predicted octanol–water partition coefficient (Wildman–Crippen LogP) is 8.11. The quantitative estimate of drug-likeness (QED) is 0.301. The van der Waals surface area contributed by atoms with E-state index in [1.54, 1.807) is 11.8 Å². The van der Waals surface area contributed by atoms with Crippen molar-refractivity contribution in [1.82, 2.24) is 0 Å². The summed E-state index contributed by atoms with van der Waals surface area (Å²) in [5.74, 6) is 0. The van der Waals surface area contributed by atoms with Crippen molar-refractivity contribution in [2.75, 3.05) is 0 Å². The van der Waals surface area contributed by atoms with Gasteiger partial charge in [0.25, 0.3) is 0 Å². The maximum atomic E-state index is 3.81. The molecular formula is C26H27S2+. The summed E-state index contributed by atoms with van der Waals surface area (Å²) < 4.78 is 0. The molecular weight excluding hydrogens is 376 g/mol. The van der Waals surface area contributed by atoms with Gasteiger partial charge in [-0.05, 0) is 74.5 Å². The van der Waals surface area contributed by atoms with Gasteiger partial charge >= 0.3 is 0 Å². The first kappa shape index (κ1) is 21.9. The molecule has 0 nitrogen and oxygen atoms in total. The van der Waals surface area contributed by atoms with Crippen molar-refractivity contribution < 1.29 is 0 Å². The van der Waals surface area contributed by atoms with Crippen molar-refractivity contribution in [3.63, 3.8) is 0 Å². The van der Waals surface area contributed by atoms with Gasteiger partial charge in [-0.1, -0.05) is 67.4 Å². The molecule has 0 fully saturated rings. The maximum absolute atomic E-state index is 3.81. The summed E-state index contributed by atoms with van der Waals surface area (Å²) in [6.45, 7) is 11.8. The topological polar surface area (TPSA) is 0 Å². The molecule has 0 saturated carbocycles. The average Bonchev–Trinajstić information content (AvgIpc) is 2.74. The van der Waals surface area contributed by atoms with Crippen molar-refractivity contribution in [3.05, 3.63) is 126 Å². The third-order valence-electron chi connectivity index (χ3n) is 3.87. The lowest BCUT2D eigenvalue weighted by molar-refractivity contribution is 1.33. The van der Waals surface area contributed by atoms with Crippen LogP contribution < -0.4 is 0 Å². The molecule has 0 aliphatic carbocycles. The fourth-order valence-corrected chi connectivity index (χ4v) is 5.53. The Balaban J connectivity index is 2.39. The van der Waals surface area contributed by atoms with Gasteiger partial charge in [0.15, 0.2) is 14.7 Å². The summed E-state index contributed by atoms with van der Waals surface area (Å²) in [7, 11) is -0.177. The lowest BCUT2D eigenvalue weighted by atomic mass is 10.4. The first-order valence-corrected chi connectivity index (χ1v) is 11.3. The van der Waals surface area contributed by atoms with Crippen LogP contribution in [-0.2, 0) is 10.9 Å². The van der Waals surface area contributed by atoms with Crippen molar-refractivity contribution in [2.45, 2.75) is 28.5 Å². The van der Waals surface area contributed by atoms with Crippen LogP contribution in [0.15, 0.2) is 141 Å². The molecule has 0 unspecified atom stereocenters. The third kappa shape index (κ3) is 6.33. The summed E-state index contributed by atoms with van der Waals surface area (Å²) in [5, 5.41) is 0. The first-order chi connectivity index (χ1) is 13.7. The van der Waals surface area contributed by atoms with Gasteiger partial charge in [-0.2, -0.15) is 0 Å². The fourth-order valence-electron chi connectivity index (χ4n) is 2.57. The van der Waals surface area contributed by atoms with E-state index in [0.717, 1.165) is 0 Å². The van der Waals surface area contributed by atoms with E-state index in [4.69, 9.17) is 0 Å². The van der Waals surface area contributed by atoms with Crippen molar-refractivity contribution in [2.24, 2.45) is 0 Å². The van der Waals surface area contributed by atoms with Crippen molar-refractivity contribution in [1.29, 1.82) is 0 Å². The maximum Gasteiger partial charge on any atom is 0.166 e. The van der Waals surface area contributed by atoms with Crippen LogP contribution >= 0.6 is 11.8 Å². The van der Waals surface area contributed by atoms with Gasteiger partial charge in [-0.25, -0.2) is 0 Å². The molecule has 0 aliphatic rings. The van der Waals surface area contributed by atoms with Gasteiger partial charge in [-0.15, -0.1) is 0 Å². The monoisotopic (exact) mass is 403 g/mol. The number of rotatable bonds is 9. The van der Waals surface area contributed by atoms with Crippen LogP contribution in [0.3, 0.4) is 0 Å².